The molecule has 2 saturated carbocycles. The van der Waals surface area contributed by atoms with Crippen LogP contribution in [0.1, 0.15) is 85.9 Å². The zero-order valence-electron chi connectivity index (χ0n) is 27.9. The molecule has 4 rings (SSSR count). The molecule has 0 bridgehead atoms. The molecule has 258 valence electrons. The highest BCUT2D eigenvalue weighted by molar-refractivity contribution is 5.90. The summed E-state index contributed by atoms with van der Waals surface area (Å²) in [6.07, 6.45) is 7.45. The van der Waals surface area contributed by atoms with E-state index in [1.165, 1.54) is 0 Å². The lowest BCUT2D eigenvalue weighted by Crippen LogP contribution is -2.25. The van der Waals surface area contributed by atoms with Crippen molar-refractivity contribution in [3.05, 3.63) is 85.0 Å². The Bertz CT molecular complexity index is 1310. The average molecular weight is 663 g/mol. The summed E-state index contributed by atoms with van der Waals surface area (Å²) < 4.78 is 33.2. The topological polar surface area (TPSA) is 124 Å². The van der Waals surface area contributed by atoms with E-state index in [-0.39, 0.29) is 35.0 Å². The minimum Gasteiger partial charge on any atom is -0.494 e. The Morgan fingerprint density at radius 2 is 0.938 bits per heavy atom. The molecule has 0 aromatic heterocycles. The quantitative estimate of drug-likeness (QED) is 0.0728. The van der Waals surface area contributed by atoms with Gasteiger partial charge in [0.15, 0.2) is 0 Å². The van der Waals surface area contributed by atoms with Gasteiger partial charge in [-0.15, -0.1) is 0 Å². The third-order valence-electron chi connectivity index (χ3n) is 9.33. The fourth-order valence-electron chi connectivity index (χ4n) is 6.54. The second-order valence-electron chi connectivity index (χ2n) is 12.9. The highest BCUT2D eigenvalue weighted by Gasteiger charge is 2.60. The lowest BCUT2D eigenvalue weighted by molar-refractivity contribution is -0.138. The largest absolute Gasteiger partial charge is 0.494 e. The van der Waals surface area contributed by atoms with Gasteiger partial charge in [-0.2, -0.15) is 0 Å². The van der Waals surface area contributed by atoms with Crippen LogP contribution in [0.25, 0.3) is 0 Å². The summed E-state index contributed by atoms with van der Waals surface area (Å²) in [7, 11) is 0. The maximum Gasteiger partial charge on any atom is 0.338 e. The molecule has 0 radical (unpaired) electrons. The molecule has 0 spiro atoms. The molecule has 0 amide bonds. The summed E-state index contributed by atoms with van der Waals surface area (Å²) in [5.41, 5.74) is 0.653. The first-order valence-electron chi connectivity index (χ1n) is 16.5. The van der Waals surface area contributed by atoms with Gasteiger partial charge in [0.2, 0.25) is 0 Å². The van der Waals surface area contributed by atoms with E-state index in [1.807, 2.05) is 0 Å². The predicted molar refractivity (Wildman–Crippen MR) is 178 cm³/mol. The fourth-order valence-corrected chi connectivity index (χ4v) is 6.54. The number of benzene rings is 2. The molecule has 10 nitrogen and oxygen atoms in total. The van der Waals surface area contributed by atoms with E-state index in [4.69, 9.17) is 28.4 Å². The highest BCUT2D eigenvalue weighted by Crippen LogP contribution is 2.63. The van der Waals surface area contributed by atoms with E-state index in [0.717, 1.165) is 25.0 Å². The minimum atomic E-state index is -0.435. The van der Waals surface area contributed by atoms with Gasteiger partial charge in [0.25, 0.3) is 0 Å². The Labute approximate surface area is 282 Å². The van der Waals surface area contributed by atoms with E-state index in [0.29, 0.717) is 87.6 Å². The van der Waals surface area contributed by atoms with Crippen molar-refractivity contribution in [2.75, 3.05) is 26.4 Å². The number of ether oxygens (including phenoxy) is 6. The van der Waals surface area contributed by atoms with Crippen molar-refractivity contribution in [3.63, 3.8) is 0 Å². The SMILES string of the molecule is C=CC(=O)OCCCCOc1ccc(C(=O)OC2CC3(C)CC(OC(=O)c4ccc(OCCCCOC(=O)C=C)cc4)CC3(C)C2)cc1. The standard InChI is InChI=1S/C38H46O10/c1-5-33(39)45-21-9-7-19-43-29-15-11-27(12-16-29)35(41)47-31-23-37(3)25-32(26-38(37,4)24-31)48-36(42)28-13-17-30(18-14-28)44-20-8-10-22-46-34(40)6-2/h5-6,11-18,31-32H,1-2,7-10,19-26H2,3-4H3. The van der Waals surface area contributed by atoms with Gasteiger partial charge in [-0.05, 0) is 111 Å². The second kappa shape index (κ2) is 17.0. The monoisotopic (exact) mass is 662 g/mol. The highest BCUT2D eigenvalue weighted by atomic mass is 16.6. The van der Waals surface area contributed by atoms with Crippen LogP contribution in [0, 0.1) is 10.8 Å². The molecule has 0 N–H and O–H groups in total. The predicted octanol–water partition coefficient (Wildman–Crippen LogP) is 6.81. The molecule has 2 fully saturated rings. The van der Waals surface area contributed by atoms with Crippen LogP contribution < -0.4 is 9.47 Å². The minimum absolute atomic E-state index is 0.133. The number of carbonyl (C=O) groups excluding carboxylic acids is 4. The Balaban J connectivity index is 1.16. The molecule has 48 heavy (non-hydrogen) atoms. The van der Waals surface area contributed by atoms with Crippen molar-refractivity contribution in [2.24, 2.45) is 10.8 Å². The van der Waals surface area contributed by atoms with Gasteiger partial charge < -0.3 is 28.4 Å². The third-order valence-corrected chi connectivity index (χ3v) is 9.33. The van der Waals surface area contributed by atoms with Crippen LogP contribution in [0.5, 0.6) is 11.5 Å². The van der Waals surface area contributed by atoms with Crippen LogP contribution in [0.15, 0.2) is 73.8 Å². The summed E-state index contributed by atoms with van der Waals surface area (Å²) in [4.78, 5) is 48.1. The lowest BCUT2D eigenvalue weighted by atomic mass is 9.71. The van der Waals surface area contributed by atoms with Crippen LogP contribution in [0.2, 0.25) is 0 Å². The van der Waals surface area contributed by atoms with Crippen LogP contribution in [-0.4, -0.2) is 62.5 Å². The summed E-state index contributed by atoms with van der Waals surface area (Å²) >= 11 is 0. The maximum absolute atomic E-state index is 13.0. The third kappa shape index (κ3) is 9.95. The Morgan fingerprint density at radius 1 is 0.604 bits per heavy atom. The van der Waals surface area contributed by atoms with Crippen LogP contribution in [-0.2, 0) is 28.5 Å². The number of unbranched alkanes of at least 4 members (excludes halogenated alkanes) is 2. The summed E-state index contributed by atoms with van der Waals surface area (Å²) in [6.45, 7) is 12.7. The zero-order valence-corrected chi connectivity index (χ0v) is 27.9. The Morgan fingerprint density at radius 3 is 1.27 bits per heavy atom. The number of fused-ring (bicyclic) bond motifs is 1. The van der Waals surface area contributed by atoms with Crippen molar-refractivity contribution in [2.45, 2.75) is 77.4 Å². The first-order valence-corrected chi connectivity index (χ1v) is 16.5. The smallest absolute Gasteiger partial charge is 0.338 e. The number of hydrogen-bond donors (Lipinski definition) is 0. The van der Waals surface area contributed by atoms with Crippen molar-refractivity contribution in [1.29, 1.82) is 0 Å². The molecular formula is C38H46O10. The van der Waals surface area contributed by atoms with E-state index in [2.05, 4.69) is 27.0 Å². The molecule has 0 atom stereocenters. The van der Waals surface area contributed by atoms with Crippen molar-refractivity contribution >= 4 is 23.9 Å². The molecule has 0 unspecified atom stereocenters. The van der Waals surface area contributed by atoms with Gasteiger partial charge in [-0.25, -0.2) is 19.2 Å². The normalized spacial score (nSPS) is 22.5. The number of rotatable bonds is 18. The molecule has 0 saturated heterocycles. The Kier molecular flexibility index (Phi) is 12.8. The summed E-state index contributed by atoms with van der Waals surface area (Å²) in [5, 5.41) is 0. The average Bonchev–Trinajstić information content (AvgIpc) is 3.45. The van der Waals surface area contributed by atoms with E-state index in [9.17, 15) is 19.2 Å². The van der Waals surface area contributed by atoms with Crippen molar-refractivity contribution < 1.29 is 47.6 Å². The van der Waals surface area contributed by atoms with Gasteiger partial charge >= 0.3 is 23.9 Å². The lowest BCUT2D eigenvalue weighted by Gasteiger charge is -2.32. The van der Waals surface area contributed by atoms with Gasteiger partial charge in [0, 0.05) is 12.2 Å². The van der Waals surface area contributed by atoms with Gasteiger partial charge in [-0.1, -0.05) is 27.0 Å². The van der Waals surface area contributed by atoms with Gasteiger partial charge in [0.1, 0.15) is 23.7 Å². The summed E-state index contributed by atoms with van der Waals surface area (Å²) in [6, 6.07) is 13.8. The zero-order chi connectivity index (χ0) is 34.6. The molecule has 10 heteroatoms. The molecular weight excluding hydrogens is 616 g/mol. The maximum atomic E-state index is 13.0. The first kappa shape index (κ1) is 36.2. The van der Waals surface area contributed by atoms with Gasteiger partial charge in [0.05, 0.1) is 37.6 Å². The number of carbonyl (C=O) groups is 4. The fraction of sp³-hybridized carbons (Fsp3) is 0.474. The molecule has 2 aromatic carbocycles. The number of esters is 4. The molecule has 2 aliphatic rings. The van der Waals surface area contributed by atoms with Gasteiger partial charge in [-0.3, -0.25) is 0 Å². The van der Waals surface area contributed by atoms with Crippen molar-refractivity contribution in [1.82, 2.24) is 0 Å². The first-order chi connectivity index (χ1) is 23.0. The molecule has 2 aromatic rings. The van der Waals surface area contributed by atoms with E-state index < -0.39 is 11.9 Å². The number of hydrogen-bond acceptors (Lipinski definition) is 10. The molecule has 0 aliphatic heterocycles. The molecule has 0 heterocycles. The van der Waals surface area contributed by atoms with Crippen molar-refractivity contribution in [3.8, 4) is 11.5 Å². The second-order valence-corrected chi connectivity index (χ2v) is 12.9. The van der Waals surface area contributed by atoms with E-state index in [1.54, 1.807) is 48.5 Å². The van der Waals surface area contributed by atoms with Crippen LogP contribution in [0.4, 0.5) is 0 Å². The van der Waals surface area contributed by atoms with Crippen LogP contribution >= 0.6 is 0 Å². The Hall–Kier alpha value is -4.60. The van der Waals surface area contributed by atoms with E-state index >= 15 is 0 Å². The summed E-state index contributed by atoms with van der Waals surface area (Å²) in [5.74, 6) is -0.316. The van der Waals surface area contributed by atoms with Crippen LogP contribution in [0.3, 0.4) is 0 Å². The molecule has 2 aliphatic carbocycles.